The van der Waals surface area contributed by atoms with Crippen LogP contribution in [0.1, 0.15) is 12.8 Å². The van der Waals surface area contributed by atoms with E-state index in [0.717, 1.165) is 18.5 Å². The van der Waals surface area contributed by atoms with E-state index in [0.29, 0.717) is 16.6 Å². The molecule has 0 amide bonds. The molecule has 1 aromatic rings. The van der Waals surface area contributed by atoms with Gasteiger partial charge in [-0.3, -0.25) is 4.79 Å². The van der Waals surface area contributed by atoms with Gasteiger partial charge < -0.3 is 11.1 Å². The Hall–Kier alpha value is -0.880. The van der Waals surface area contributed by atoms with Crippen molar-refractivity contribution < 1.29 is 0 Å². The number of nitrogens with zero attached hydrogens (tertiary/aromatic N) is 2. The van der Waals surface area contributed by atoms with Crippen molar-refractivity contribution in [2.24, 2.45) is 12.8 Å². The van der Waals surface area contributed by atoms with Gasteiger partial charge in [-0.1, -0.05) is 0 Å². The second-order valence-corrected chi connectivity index (χ2v) is 4.67. The van der Waals surface area contributed by atoms with E-state index in [1.54, 1.807) is 13.2 Å². The number of halogens is 1. The Bertz CT molecular complexity index is 425. The van der Waals surface area contributed by atoms with Crippen LogP contribution in [0.2, 0.25) is 0 Å². The molecule has 6 heteroatoms. The second kappa shape index (κ2) is 3.94. The topological polar surface area (TPSA) is 72.9 Å². The first-order valence-corrected chi connectivity index (χ1v) is 5.61. The number of hydrogen-bond acceptors (Lipinski definition) is 4. The SMILES string of the molecule is Cn1ncc(NC2CC(N)C2)c(Br)c1=O. The van der Waals surface area contributed by atoms with Gasteiger partial charge in [0.25, 0.3) is 5.56 Å². The third kappa shape index (κ3) is 2.05. The summed E-state index contributed by atoms with van der Waals surface area (Å²) in [6.07, 6.45) is 3.54. The van der Waals surface area contributed by atoms with Crippen molar-refractivity contribution in [2.45, 2.75) is 24.9 Å². The predicted molar refractivity (Wildman–Crippen MR) is 61.8 cm³/mol. The van der Waals surface area contributed by atoms with Crippen LogP contribution >= 0.6 is 15.9 Å². The summed E-state index contributed by atoms with van der Waals surface area (Å²) in [7, 11) is 1.62. The fraction of sp³-hybridized carbons (Fsp3) is 0.556. The van der Waals surface area contributed by atoms with Crippen molar-refractivity contribution in [3.63, 3.8) is 0 Å². The molecule has 0 radical (unpaired) electrons. The molecule has 0 atom stereocenters. The highest BCUT2D eigenvalue weighted by Gasteiger charge is 2.26. The first-order valence-electron chi connectivity index (χ1n) is 4.82. The van der Waals surface area contributed by atoms with Gasteiger partial charge in [-0.25, -0.2) is 4.68 Å². The number of anilines is 1. The quantitative estimate of drug-likeness (QED) is 0.820. The lowest BCUT2D eigenvalue weighted by molar-refractivity contribution is 0.373. The minimum Gasteiger partial charge on any atom is -0.380 e. The van der Waals surface area contributed by atoms with Crippen LogP contribution in [-0.4, -0.2) is 21.9 Å². The fourth-order valence-corrected chi connectivity index (χ4v) is 2.08. The molecule has 5 nitrogen and oxygen atoms in total. The van der Waals surface area contributed by atoms with E-state index in [9.17, 15) is 4.79 Å². The molecule has 1 aliphatic rings. The molecule has 1 saturated carbocycles. The molecule has 82 valence electrons. The van der Waals surface area contributed by atoms with Gasteiger partial charge in [0.15, 0.2) is 0 Å². The third-order valence-corrected chi connectivity index (χ3v) is 3.38. The van der Waals surface area contributed by atoms with Gasteiger partial charge in [0.1, 0.15) is 4.47 Å². The van der Waals surface area contributed by atoms with Crippen LogP contribution in [0.3, 0.4) is 0 Å². The fourth-order valence-electron chi connectivity index (χ4n) is 1.61. The molecular formula is C9H13BrN4O. The highest BCUT2D eigenvalue weighted by atomic mass is 79.9. The zero-order chi connectivity index (χ0) is 11.0. The number of aromatic nitrogens is 2. The average molecular weight is 273 g/mol. The van der Waals surface area contributed by atoms with E-state index >= 15 is 0 Å². The molecule has 0 aromatic carbocycles. The van der Waals surface area contributed by atoms with Crippen LogP contribution in [0, 0.1) is 0 Å². The molecule has 15 heavy (non-hydrogen) atoms. The molecule has 2 rings (SSSR count). The van der Waals surface area contributed by atoms with Crippen LogP contribution in [-0.2, 0) is 7.05 Å². The molecule has 0 spiro atoms. The maximum Gasteiger partial charge on any atom is 0.282 e. The lowest BCUT2D eigenvalue weighted by Gasteiger charge is -2.33. The standard InChI is InChI=1S/C9H13BrN4O/c1-14-9(15)8(10)7(4-12-14)13-6-2-5(11)3-6/h4-6,13H,2-3,11H2,1H3. The minimum absolute atomic E-state index is 0.136. The van der Waals surface area contributed by atoms with Gasteiger partial charge in [0.05, 0.1) is 11.9 Å². The summed E-state index contributed by atoms with van der Waals surface area (Å²) in [6.45, 7) is 0. The first-order chi connectivity index (χ1) is 7.08. The maximum atomic E-state index is 11.5. The number of nitrogens with one attached hydrogen (secondary N) is 1. The molecule has 0 unspecified atom stereocenters. The van der Waals surface area contributed by atoms with Crippen LogP contribution in [0.15, 0.2) is 15.5 Å². The summed E-state index contributed by atoms with van der Waals surface area (Å²) in [5.74, 6) is 0. The summed E-state index contributed by atoms with van der Waals surface area (Å²) in [6, 6.07) is 0.658. The van der Waals surface area contributed by atoms with E-state index in [4.69, 9.17) is 5.73 Å². The molecule has 1 fully saturated rings. The normalized spacial score (nSPS) is 24.7. The lowest BCUT2D eigenvalue weighted by Crippen LogP contribution is -2.44. The Kier molecular flexibility index (Phi) is 2.79. The van der Waals surface area contributed by atoms with Crippen LogP contribution in [0.5, 0.6) is 0 Å². The summed E-state index contributed by atoms with van der Waals surface area (Å²) in [4.78, 5) is 11.5. The second-order valence-electron chi connectivity index (χ2n) is 3.87. The average Bonchev–Trinajstić information content (AvgIpc) is 2.16. The van der Waals surface area contributed by atoms with Crippen LogP contribution in [0.25, 0.3) is 0 Å². The Labute approximate surface area is 95.8 Å². The number of aryl methyl sites for hydroxylation is 1. The Morgan fingerprint density at radius 1 is 1.67 bits per heavy atom. The van der Waals surface area contributed by atoms with Gasteiger partial charge >= 0.3 is 0 Å². The van der Waals surface area contributed by atoms with Gasteiger partial charge in [0, 0.05) is 19.1 Å². The Balaban J connectivity index is 2.15. The van der Waals surface area contributed by atoms with Crippen molar-refractivity contribution in [1.82, 2.24) is 9.78 Å². The van der Waals surface area contributed by atoms with Crippen molar-refractivity contribution in [1.29, 1.82) is 0 Å². The van der Waals surface area contributed by atoms with Gasteiger partial charge in [-0.2, -0.15) is 5.10 Å². The third-order valence-electron chi connectivity index (χ3n) is 2.61. The monoisotopic (exact) mass is 272 g/mol. The zero-order valence-electron chi connectivity index (χ0n) is 8.40. The Morgan fingerprint density at radius 2 is 2.33 bits per heavy atom. The lowest BCUT2D eigenvalue weighted by atomic mass is 9.87. The first kappa shape index (κ1) is 10.6. The van der Waals surface area contributed by atoms with E-state index in [1.807, 2.05) is 0 Å². The number of nitrogens with two attached hydrogens (primary N) is 1. The minimum atomic E-state index is -0.136. The molecule has 3 N–H and O–H groups in total. The molecule has 1 heterocycles. The number of rotatable bonds is 2. The van der Waals surface area contributed by atoms with E-state index in [2.05, 4.69) is 26.3 Å². The molecule has 0 saturated heterocycles. The number of hydrogen-bond donors (Lipinski definition) is 2. The maximum absolute atomic E-state index is 11.5. The van der Waals surface area contributed by atoms with E-state index in [-0.39, 0.29) is 5.56 Å². The van der Waals surface area contributed by atoms with Gasteiger partial charge in [-0.15, -0.1) is 0 Å². The van der Waals surface area contributed by atoms with Gasteiger partial charge in [-0.05, 0) is 28.8 Å². The molecule has 1 aromatic heterocycles. The summed E-state index contributed by atoms with van der Waals surface area (Å²) in [5, 5.41) is 7.19. The van der Waals surface area contributed by atoms with Crippen molar-refractivity contribution in [3.8, 4) is 0 Å². The van der Waals surface area contributed by atoms with Crippen molar-refractivity contribution >= 4 is 21.6 Å². The highest BCUT2D eigenvalue weighted by molar-refractivity contribution is 9.10. The van der Waals surface area contributed by atoms with Crippen molar-refractivity contribution in [3.05, 3.63) is 21.0 Å². The smallest absolute Gasteiger partial charge is 0.282 e. The summed E-state index contributed by atoms with van der Waals surface area (Å²) in [5.41, 5.74) is 6.29. The summed E-state index contributed by atoms with van der Waals surface area (Å²) >= 11 is 3.26. The van der Waals surface area contributed by atoms with Crippen LogP contribution in [0.4, 0.5) is 5.69 Å². The van der Waals surface area contributed by atoms with Crippen molar-refractivity contribution in [2.75, 3.05) is 5.32 Å². The van der Waals surface area contributed by atoms with E-state index < -0.39 is 0 Å². The highest BCUT2D eigenvalue weighted by Crippen LogP contribution is 2.25. The molecule has 1 aliphatic carbocycles. The molecular weight excluding hydrogens is 260 g/mol. The molecule has 0 bridgehead atoms. The largest absolute Gasteiger partial charge is 0.380 e. The summed E-state index contributed by atoms with van der Waals surface area (Å²) < 4.78 is 1.82. The van der Waals surface area contributed by atoms with E-state index in [1.165, 1.54) is 4.68 Å². The van der Waals surface area contributed by atoms with Crippen LogP contribution < -0.4 is 16.6 Å². The predicted octanol–water partition coefficient (Wildman–Crippen LogP) is 0.444. The molecule has 0 aliphatic heterocycles. The Morgan fingerprint density at radius 3 is 2.93 bits per heavy atom. The van der Waals surface area contributed by atoms with Gasteiger partial charge in [0.2, 0.25) is 0 Å². The zero-order valence-corrected chi connectivity index (χ0v) is 9.99.